The lowest BCUT2D eigenvalue weighted by molar-refractivity contribution is 1.19. The molecular formula is C126H77N3S3. The van der Waals surface area contributed by atoms with Crippen LogP contribution in [0.3, 0.4) is 0 Å². The monoisotopic (exact) mass is 1730 g/mol. The van der Waals surface area contributed by atoms with Crippen molar-refractivity contribution in [2.24, 2.45) is 0 Å². The summed E-state index contributed by atoms with van der Waals surface area (Å²) in [6, 6.07) is 175. The van der Waals surface area contributed by atoms with E-state index in [1.54, 1.807) is 0 Å². The summed E-state index contributed by atoms with van der Waals surface area (Å²) in [5.74, 6) is 0. The minimum Gasteiger partial charge on any atom is -0.308 e. The number of hydrogen-bond acceptors (Lipinski definition) is 3. The first-order valence-electron chi connectivity index (χ1n) is 45.2. The summed E-state index contributed by atoms with van der Waals surface area (Å²) in [5, 5.41) is 15.0. The average Bonchev–Trinajstić information content (AvgIpc) is 1.51. The zero-order valence-corrected chi connectivity index (χ0v) is 74.0. The third kappa shape index (κ3) is 12.4. The number of nitrogens with zero attached hydrogens (tertiary/aromatic N) is 3. The molecule has 0 radical (unpaired) electrons. The molecule has 3 nitrogen and oxygen atoms in total. The maximum absolute atomic E-state index is 2.61. The Bertz CT molecular complexity index is 9370. The maximum atomic E-state index is 2.61. The summed E-state index contributed by atoms with van der Waals surface area (Å²) < 4.78 is 15.4. The number of fused-ring (bicyclic) bond motifs is 21. The van der Waals surface area contributed by atoms with Gasteiger partial charge in [0.1, 0.15) is 0 Å². The first-order valence-corrected chi connectivity index (χ1v) is 47.7. The van der Waals surface area contributed by atoms with E-state index in [9.17, 15) is 0 Å². The number of thiophene rings is 3. The van der Waals surface area contributed by atoms with Crippen LogP contribution in [0.4, 0.5) is 0 Å². The summed E-state index contributed by atoms with van der Waals surface area (Å²) in [6.45, 7) is 0. The van der Waals surface area contributed by atoms with E-state index >= 15 is 0 Å². The number of para-hydroxylation sites is 2. The molecule has 132 heavy (non-hydrogen) atoms. The SMILES string of the molecule is c1ccc(-c2ccc(-c3cc(-c4ccccc4)cc(-n4c5ccccc5c5c(-c6ccc(-c7cc(-c8ccccc8)cc(-n8c9cccc(-c%10cccc(-c%11cc(-c%12ccccc%12)cc(-c%12cccc(-n%13c%14ccccc%14c%14ccc%15c%16ccccc%16sc%15c%14%13)c%12)c%11)c%10)c9c9ccc%10c%11ccccc%11sc%10c98)c7)cc6-c6ccccc6)cc6c7ccccc7sc6c54)c3)cc2)cc1. The van der Waals surface area contributed by atoms with Gasteiger partial charge in [0.25, 0.3) is 0 Å². The highest BCUT2D eigenvalue weighted by Crippen LogP contribution is 2.54. The van der Waals surface area contributed by atoms with Crippen molar-refractivity contribution in [3.63, 3.8) is 0 Å². The van der Waals surface area contributed by atoms with Crippen LogP contribution in [0.25, 0.3) is 265 Å². The molecule has 0 spiro atoms. The summed E-state index contributed by atoms with van der Waals surface area (Å²) >= 11 is 5.69. The van der Waals surface area contributed by atoms with Crippen molar-refractivity contribution in [1.29, 1.82) is 0 Å². The molecule has 0 aliphatic rings. The fraction of sp³-hybridized carbons (Fsp3) is 0. The highest BCUT2D eigenvalue weighted by molar-refractivity contribution is 7.27. The van der Waals surface area contributed by atoms with Gasteiger partial charge in [0, 0.05) is 95.8 Å². The average molecular weight is 1730 g/mol. The second kappa shape index (κ2) is 30.7. The topological polar surface area (TPSA) is 14.8 Å². The predicted molar refractivity (Wildman–Crippen MR) is 568 cm³/mol. The zero-order chi connectivity index (χ0) is 86.6. The Morgan fingerprint density at radius 1 is 0.136 bits per heavy atom. The summed E-state index contributed by atoms with van der Waals surface area (Å²) in [4.78, 5) is 0. The minimum absolute atomic E-state index is 1.08. The lowest BCUT2D eigenvalue weighted by Crippen LogP contribution is -1.97. The van der Waals surface area contributed by atoms with Gasteiger partial charge in [0.15, 0.2) is 0 Å². The molecule has 0 aliphatic carbocycles. The molecule has 0 amide bonds. The van der Waals surface area contributed by atoms with E-state index in [0.717, 1.165) is 117 Å². The van der Waals surface area contributed by atoms with Gasteiger partial charge >= 0.3 is 0 Å². The molecule has 0 saturated heterocycles. The van der Waals surface area contributed by atoms with E-state index in [0.29, 0.717) is 0 Å². The van der Waals surface area contributed by atoms with Crippen molar-refractivity contribution < 1.29 is 0 Å². The third-order valence-corrected chi connectivity index (χ3v) is 30.9. The van der Waals surface area contributed by atoms with E-state index in [-0.39, 0.29) is 0 Å². The van der Waals surface area contributed by atoms with Crippen LogP contribution < -0.4 is 0 Å². The van der Waals surface area contributed by atoms with Crippen molar-refractivity contribution in [3.05, 3.63) is 467 Å². The Hall–Kier alpha value is -16.3. The Labute approximate surface area is 774 Å². The smallest absolute Gasteiger partial charge is 0.0726 e. The van der Waals surface area contributed by atoms with Crippen molar-refractivity contribution in [1.82, 2.24) is 13.7 Å². The molecule has 27 rings (SSSR count). The highest BCUT2D eigenvalue weighted by Gasteiger charge is 2.28. The lowest BCUT2D eigenvalue weighted by Gasteiger charge is -2.18. The van der Waals surface area contributed by atoms with E-state index in [1.807, 2.05) is 34.0 Å². The molecule has 21 aromatic carbocycles. The molecule has 0 fully saturated rings. The first kappa shape index (κ1) is 75.8. The molecule has 0 atom stereocenters. The summed E-state index contributed by atoms with van der Waals surface area (Å²) in [6.07, 6.45) is 0. The van der Waals surface area contributed by atoms with Crippen LogP contribution in [0.15, 0.2) is 467 Å². The Morgan fingerprint density at radius 3 is 1.03 bits per heavy atom. The van der Waals surface area contributed by atoms with Gasteiger partial charge < -0.3 is 13.7 Å². The molecule has 0 aliphatic heterocycles. The van der Waals surface area contributed by atoms with Crippen LogP contribution in [0.2, 0.25) is 0 Å². The van der Waals surface area contributed by atoms with E-state index in [1.165, 1.54) is 148 Å². The Kier molecular flexibility index (Phi) is 17.6. The molecule has 614 valence electrons. The summed E-state index contributed by atoms with van der Waals surface area (Å²) in [7, 11) is 0. The van der Waals surface area contributed by atoms with Crippen LogP contribution in [-0.2, 0) is 0 Å². The van der Waals surface area contributed by atoms with Gasteiger partial charge in [-0.2, -0.15) is 0 Å². The van der Waals surface area contributed by atoms with Gasteiger partial charge in [-0.25, -0.2) is 0 Å². The number of aromatic nitrogens is 3. The van der Waals surface area contributed by atoms with Gasteiger partial charge in [-0.05, 0) is 244 Å². The Morgan fingerprint density at radius 2 is 0.470 bits per heavy atom. The van der Waals surface area contributed by atoms with Crippen molar-refractivity contribution in [3.8, 4) is 139 Å². The van der Waals surface area contributed by atoms with Crippen LogP contribution in [0.5, 0.6) is 0 Å². The van der Waals surface area contributed by atoms with Crippen LogP contribution in [0, 0.1) is 0 Å². The van der Waals surface area contributed by atoms with E-state index < -0.39 is 0 Å². The maximum Gasteiger partial charge on any atom is 0.0726 e. The molecule has 6 heterocycles. The number of hydrogen-bond donors (Lipinski definition) is 0. The second-order valence-corrected chi connectivity index (χ2v) is 38.0. The van der Waals surface area contributed by atoms with Gasteiger partial charge in [0.2, 0.25) is 0 Å². The lowest BCUT2D eigenvalue weighted by atomic mass is 9.88. The standard InChI is InChI=1S/C126H77N3S3/c1-6-29-78(30-7-1)82-55-57-83(58-56-82)94-69-92(80-33-10-3-11-34-80)72-97(74-94)128-114-50-22-17-47-108(114)120-111(77-112-104-46-20-25-54-118(104)132-126(112)123(120)128)100-60-59-87(76-110(100)84-37-14-5-15-38-84)95-70-93(81-35-12-4-13-36-81)73-98(75-95)129-115-51-28-48-99(119(115)109-64-63-107-103-45-19-24-53-117(103)131-125(107)122(109)129)88-41-26-39-85(65-88)90-66-89(79-31-8-2-9-32-79)67-91(68-90)86-40-27-42-96(71-86)127-113-49-21-16-43-101(113)105-61-62-106-102-44-18-23-52-116(102)130-124(106)121(105)127/h1-77H. The van der Waals surface area contributed by atoms with Crippen molar-refractivity contribution in [2.45, 2.75) is 0 Å². The van der Waals surface area contributed by atoms with Crippen molar-refractivity contribution >= 4 is 160 Å². The van der Waals surface area contributed by atoms with E-state index in [4.69, 9.17) is 0 Å². The van der Waals surface area contributed by atoms with Crippen LogP contribution in [-0.4, -0.2) is 13.7 Å². The molecule has 6 heteroatoms. The largest absolute Gasteiger partial charge is 0.308 e. The number of benzene rings is 21. The van der Waals surface area contributed by atoms with Gasteiger partial charge in [0.05, 0.1) is 47.2 Å². The zero-order valence-electron chi connectivity index (χ0n) is 71.5. The fourth-order valence-corrected chi connectivity index (χ4v) is 25.0. The molecule has 0 unspecified atom stereocenters. The summed E-state index contributed by atoms with van der Waals surface area (Å²) in [5.41, 5.74) is 35.9. The quantitative estimate of drug-likeness (QED) is 0.103. The molecule has 0 saturated carbocycles. The molecule has 27 aromatic rings. The molecule has 0 bridgehead atoms. The molecule has 0 N–H and O–H groups in total. The first-order chi connectivity index (χ1) is 65.4. The fourth-order valence-electron chi connectivity index (χ4n) is 21.3. The van der Waals surface area contributed by atoms with Crippen LogP contribution >= 0.6 is 34.0 Å². The third-order valence-electron chi connectivity index (χ3n) is 27.4. The van der Waals surface area contributed by atoms with Crippen LogP contribution in [0.1, 0.15) is 0 Å². The Balaban J connectivity index is 0.637. The molecular weight excluding hydrogens is 1650 g/mol. The highest BCUT2D eigenvalue weighted by atomic mass is 32.1. The molecule has 6 aromatic heterocycles. The normalized spacial score (nSPS) is 11.9. The van der Waals surface area contributed by atoms with Gasteiger partial charge in [-0.1, -0.05) is 346 Å². The van der Waals surface area contributed by atoms with Gasteiger partial charge in [-0.15, -0.1) is 34.0 Å². The van der Waals surface area contributed by atoms with Gasteiger partial charge in [-0.3, -0.25) is 0 Å². The second-order valence-electron chi connectivity index (χ2n) is 34.9. The van der Waals surface area contributed by atoms with Crippen molar-refractivity contribution in [2.75, 3.05) is 0 Å². The minimum atomic E-state index is 1.08. The number of rotatable bonds is 14. The van der Waals surface area contributed by atoms with E-state index in [2.05, 4.69) is 481 Å². The predicted octanol–water partition coefficient (Wildman–Crippen LogP) is 36.4.